The second-order valence-electron chi connectivity index (χ2n) is 15.9. The monoisotopic (exact) mass is 867 g/mol. The molecule has 63 heavy (non-hydrogen) atoms. The lowest BCUT2D eigenvalue weighted by Gasteiger charge is -2.35. The van der Waals surface area contributed by atoms with Crippen molar-refractivity contribution in [3.8, 4) is 11.4 Å². The number of nitrogens with two attached hydrogens (primary N) is 2. The third-order valence-corrected chi connectivity index (χ3v) is 11.5. The molecule has 4 aromatic rings. The second-order valence-corrected chi connectivity index (χ2v) is 15.9. The summed E-state index contributed by atoms with van der Waals surface area (Å²) in [4.78, 5) is 82.8. The van der Waals surface area contributed by atoms with Gasteiger partial charge in [0, 0.05) is 28.2 Å². The summed E-state index contributed by atoms with van der Waals surface area (Å²) < 4.78 is 23.5. The first-order chi connectivity index (χ1) is 30.4. The average Bonchev–Trinajstić information content (AvgIpc) is 3.64. The largest absolute Gasteiger partial charge is 0.510 e. The number of carbonyl (C=O) groups excluding carboxylic acids is 5. The highest BCUT2D eigenvalue weighted by Gasteiger charge is 2.51. The van der Waals surface area contributed by atoms with Crippen molar-refractivity contribution in [3.63, 3.8) is 0 Å². The first kappa shape index (κ1) is 46.3. The maximum absolute atomic E-state index is 14.3. The fraction of sp³-hybridized carbons (Fsp3) is 0.457. The van der Waals surface area contributed by atoms with E-state index in [2.05, 4.69) is 35.9 Å². The zero-order valence-corrected chi connectivity index (χ0v) is 36.1. The summed E-state index contributed by atoms with van der Waals surface area (Å²) in [7, 11) is 0. The fourth-order valence-electron chi connectivity index (χ4n) is 8.08. The molecule has 17 nitrogen and oxygen atoms in total. The first-order valence-corrected chi connectivity index (χ1v) is 21.6. The molecule has 2 aliphatic heterocycles. The maximum atomic E-state index is 14.3. The van der Waals surface area contributed by atoms with E-state index < -0.39 is 54.7 Å². The van der Waals surface area contributed by atoms with Gasteiger partial charge in [0.2, 0.25) is 23.3 Å². The predicted octanol–water partition coefficient (Wildman–Crippen LogP) is 4.21. The van der Waals surface area contributed by atoms with Gasteiger partial charge in [-0.2, -0.15) is 0 Å². The minimum atomic E-state index is -1.96. The van der Waals surface area contributed by atoms with Crippen molar-refractivity contribution < 1.29 is 42.9 Å². The zero-order valence-electron chi connectivity index (χ0n) is 36.1. The van der Waals surface area contributed by atoms with Crippen LogP contribution in [-0.2, 0) is 69.9 Å². The summed E-state index contributed by atoms with van der Waals surface area (Å²) >= 11 is 0. The molecule has 7 N–H and O–H groups in total. The van der Waals surface area contributed by atoms with Gasteiger partial charge in [-0.3, -0.25) is 19.2 Å². The molecule has 0 radical (unpaired) electrons. The fourth-order valence-corrected chi connectivity index (χ4v) is 8.08. The number of nitrogens with zero attached hydrogens (tertiary/aromatic N) is 2. The molecule has 3 amide bonds. The Kier molecular flexibility index (Phi) is 15.6. The highest BCUT2D eigenvalue weighted by Crippen LogP contribution is 2.42. The lowest BCUT2D eigenvalue weighted by Crippen LogP contribution is -2.47. The number of unbranched alkanes of at least 4 members (excludes halogenated alkanes) is 2. The van der Waals surface area contributed by atoms with E-state index >= 15 is 0 Å². The van der Waals surface area contributed by atoms with Gasteiger partial charge in [0.15, 0.2) is 0 Å². The smallest absolute Gasteiger partial charge is 0.457 e. The van der Waals surface area contributed by atoms with Gasteiger partial charge in [-0.05, 0) is 93.9 Å². The van der Waals surface area contributed by atoms with Gasteiger partial charge in [0.05, 0.1) is 29.0 Å². The lowest BCUT2D eigenvalue weighted by molar-refractivity contribution is -0.175. The predicted molar refractivity (Wildman–Crippen MR) is 234 cm³/mol. The van der Waals surface area contributed by atoms with E-state index in [-0.39, 0.29) is 36.3 Å². The molecule has 2 aliphatic rings. The van der Waals surface area contributed by atoms with E-state index in [9.17, 15) is 28.8 Å². The Morgan fingerprint density at radius 3 is 2.49 bits per heavy atom. The summed E-state index contributed by atoms with van der Waals surface area (Å²) in [6.45, 7) is 6.11. The second kappa shape index (κ2) is 21.3. The number of fused-ring (bicyclic) bond motifs is 5. The van der Waals surface area contributed by atoms with E-state index in [1.165, 1.54) is 0 Å². The van der Waals surface area contributed by atoms with Crippen LogP contribution in [-0.4, -0.2) is 77.8 Å². The van der Waals surface area contributed by atoms with E-state index in [0.29, 0.717) is 61.0 Å². The van der Waals surface area contributed by atoms with E-state index in [4.69, 9.17) is 35.4 Å². The number of benzene rings is 2. The number of hydrogen-bond acceptors (Lipinski definition) is 13. The molecule has 2 aromatic heterocycles. The average molecular weight is 868 g/mol. The van der Waals surface area contributed by atoms with Gasteiger partial charge in [-0.25, -0.2) is 14.6 Å². The molecule has 2 aromatic carbocycles. The van der Waals surface area contributed by atoms with Crippen LogP contribution in [0.2, 0.25) is 0 Å². The molecule has 0 bridgehead atoms. The van der Waals surface area contributed by atoms with Crippen LogP contribution >= 0.6 is 0 Å². The van der Waals surface area contributed by atoms with Gasteiger partial charge >= 0.3 is 12.1 Å². The number of carbonyl (C=O) groups is 5. The SMILES string of the molecule is CCCCC(C)NCCc1c2c(nc3ccccc13)-c1cc3c(c(=O)n1C2)COC(=O)[C@@]3(CC)OC(=O)OCc1ccc(NC(=O)[C@H](CCCCN)NC(=O)COCC(N)=O)cc1. The highest BCUT2D eigenvalue weighted by atomic mass is 16.7. The number of pyridine rings is 2. The minimum Gasteiger partial charge on any atom is -0.457 e. The molecular weight excluding hydrogens is 811 g/mol. The van der Waals surface area contributed by atoms with Crippen molar-refractivity contribution in [2.75, 3.05) is 31.6 Å². The van der Waals surface area contributed by atoms with Crippen LogP contribution in [0.25, 0.3) is 22.3 Å². The summed E-state index contributed by atoms with van der Waals surface area (Å²) in [6, 6.07) is 15.5. The Hall–Kier alpha value is -6.17. The maximum Gasteiger partial charge on any atom is 0.510 e. The van der Waals surface area contributed by atoms with Crippen molar-refractivity contribution in [3.05, 3.63) is 92.8 Å². The van der Waals surface area contributed by atoms with Crippen LogP contribution in [0.5, 0.6) is 0 Å². The Balaban J connectivity index is 1.16. The number of anilines is 1. The van der Waals surface area contributed by atoms with E-state index in [1.54, 1.807) is 41.8 Å². The summed E-state index contributed by atoms with van der Waals surface area (Å²) in [5, 5.41) is 10.0. The van der Waals surface area contributed by atoms with E-state index in [1.807, 2.05) is 18.2 Å². The van der Waals surface area contributed by atoms with Crippen LogP contribution < -0.4 is 33.0 Å². The molecule has 0 fully saturated rings. The summed E-state index contributed by atoms with van der Waals surface area (Å²) in [6.07, 6.45) is 4.44. The molecular formula is C46H57N7O10. The first-order valence-electron chi connectivity index (χ1n) is 21.6. The van der Waals surface area contributed by atoms with E-state index in [0.717, 1.165) is 54.3 Å². The van der Waals surface area contributed by atoms with Crippen molar-refractivity contribution in [2.24, 2.45) is 11.5 Å². The van der Waals surface area contributed by atoms with Crippen LogP contribution in [0.3, 0.4) is 0 Å². The molecule has 0 saturated heterocycles. The summed E-state index contributed by atoms with van der Waals surface area (Å²) in [5.74, 6) is -2.62. The van der Waals surface area contributed by atoms with Crippen LogP contribution in [0.4, 0.5) is 10.5 Å². The van der Waals surface area contributed by atoms with Crippen molar-refractivity contribution in [1.29, 1.82) is 0 Å². The minimum absolute atomic E-state index is 0.0373. The number of esters is 1. The molecule has 3 atom stereocenters. The number of hydrogen-bond donors (Lipinski definition) is 5. The van der Waals surface area contributed by atoms with Gasteiger partial charge in [-0.15, -0.1) is 0 Å². The molecule has 17 heteroatoms. The number of primary amides is 1. The number of para-hydroxylation sites is 1. The van der Waals surface area contributed by atoms with Crippen LogP contribution in [0.1, 0.15) is 93.5 Å². The van der Waals surface area contributed by atoms with Gasteiger partial charge in [0.1, 0.15) is 32.5 Å². The van der Waals surface area contributed by atoms with Crippen LogP contribution in [0, 0.1) is 0 Å². The number of aromatic nitrogens is 2. The lowest BCUT2D eigenvalue weighted by atomic mass is 9.85. The van der Waals surface area contributed by atoms with Gasteiger partial charge < -0.3 is 50.9 Å². The molecule has 6 rings (SSSR count). The Morgan fingerprint density at radius 1 is 0.984 bits per heavy atom. The number of amides is 3. The quantitative estimate of drug-likeness (QED) is 0.0484. The van der Waals surface area contributed by atoms with Gasteiger partial charge in [-0.1, -0.05) is 57.0 Å². The molecule has 336 valence electrons. The zero-order chi connectivity index (χ0) is 45.1. The Bertz CT molecular complexity index is 2380. The topological polar surface area (TPSA) is 245 Å². The van der Waals surface area contributed by atoms with Crippen molar-refractivity contribution in [2.45, 2.75) is 110 Å². The summed E-state index contributed by atoms with van der Waals surface area (Å²) in [5.41, 5.74) is 13.7. The number of ether oxygens (including phenoxy) is 4. The normalized spacial score (nSPS) is 16.0. The van der Waals surface area contributed by atoms with Gasteiger partial charge in [0.25, 0.3) is 5.56 Å². The highest BCUT2D eigenvalue weighted by molar-refractivity contribution is 5.97. The third kappa shape index (κ3) is 10.9. The standard InChI is InChI=1S/C46H57N7O10/c1-4-6-11-28(3)49-21-19-31-32-12-7-8-13-36(32)52-41-33(31)23-53-38(41)22-35-34(43(53)57)25-61-44(58)46(35,5-2)63-45(59)62-24-29-15-17-30(18-16-29)50-42(56)37(14-9-10-20-47)51-40(55)27-60-26-39(48)54/h7-8,12-13,15-18,22,28,37,49H,4-6,9-11,14,19-21,23-27,47H2,1-3H3,(H2,48,54)(H,50,56)(H,51,55)/t28?,37-,46-/m0/s1. The van der Waals surface area contributed by atoms with Crippen molar-refractivity contribution in [1.82, 2.24) is 20.2 Å². The molecule has 0 aliphatic carbocycles. The third-order valence-electron chi connectivity index (χ3n) is 11.5. The molecule has 0 saturated carbocycles. The van der Waals surface area contributed by atoms with Crippen molar-refractivity contribution >= 4 is 46.4 Å². The molecule has 4 heterocycles. The molecule has 1 unspecified atom stereocenters. The Labute approximate surface area is 365 Å². The number of nitrogens with one attached hydrogen (secondary N) is 3. The Morgan fingerprint density at radius 2 is 1.76 bits per heavy atom. The molecule has 0 spiro atoms. The van der Waals surface area contributed by atoms with Crippen LogP contribution in [0.15, 0.2) is 59.4 Å². The number of rotatable bonds is 22. The number of cyclic esters (lactones) is 1.